The van der Waals surface area contributed by atoms with Gasteiger partial charge in [-0.3, -0.25) is 0 Å². The number of halogens is 2. The first-order chi connectivity index (χ1) is 8.99. The molecule has 0 aliphatic rings. The molecular formula is C11H7Cl2NO4S. The molecule has 100 valence electrons. The number of hydrogen-bond donors (Lipinski definition) is 0. The number of fused-ring (bicyclic) bond motifs is 1. The molecule has 0 fully saturated rings. The predicted molar refractivity (Wildman–Crippen MR) is 72.3 cm³/mol. The zero-order chi connectivity index (χ0) is 14.2. The van der Waals surface area contributed by atoms with E-state index < -0.39 is 11.9 Å². The molecule has 0 saturated carbocycles. The highest BCUT2D eigenvalue weighted by Crippen LogP contribution is 2.38. The predicted octanol–water partition coefficient (Wildman–Crippen LogP) is 3.18. The molecule has 0 aliphatic carbocycles. The van der Waals surface area contributed by atoms with Gasteiger partial charge in [0.1, 0.15) is 9.85 Å². The van der Waals surface area contributed by atoms with Crippen LogP contribution >= 0.6 is 34.5 Å². The summed E-state index contributed by atoms with van der Waals surface area (Å²) >= 11 is 13.0. The third kappa shape index (κ3) is 2.39. The Balaban J connectivity index is 2.77. The van der Waals surface area contributed by atoms with Gasteiger partial charge in [0.15, 0.2) is 5.69 Å². The molecule has 2 aromatic rings. The van der Waals surface area contributed by atoms with Crippen LogP contribution in [0.4, 0.5) is 0 Å². The molecule has 5 nitrogen and oxygen atoms in total. The Hall–Kier alpha value is -1.37. The number of pyridine rings is 1. The third-order valence-corrected chi connectivity index (χ3v) is 4.26. The van der Waals surface area contributed by atoms with Crippen LogP contribution in [0.5, 0.6) is 0 Å². The van der Waals surface area contributed by atoms with Crippen LogP contribution < -0.4 is 0 Å². The SMILES string of the molecule is COC(=O)c1cc2sc(Cl)c(Cl)c2nc1C(=O)OC. The molecule has 2 aromatic heterocycles. The van der Waals surface area contributed by atoms with Crippen molar-refractivity contribution in [1.29, 1.82) is 0 Å². The van der Waals surface area contributed by atoms with Crippen LogP contribution in [-0.4, -0.2) is 31.1 Å². The van der Waals surface area contributed by atoms with Crippen molar-refractivity contribution in [1.82, 2.24) is 4.98 Å². The largest absolute Gasteiger partial charge is 0.465 e. The van der Waals surface area contributed by atoms with Gasteiger partial charge in [-0.25, -0.2) is 14.6 Å². The summed E-state index contributed by atoms with van der Waals surface area (Å²) in [5, 5.41) is 0.239. The van der Waals surface area contributed by atoms with Gasteiger partial charge in [0, 0.05) is 0 Å². The number of thiophene rings is 1. The van der Waals surface area contributed by atoms with E-state index in [0.717, 1.165) is 11.3 Å². The lowest BCUT2D eigenvalue weighted by molar-refractivity contribution is 0.0550. The molecule has 0 saturated heterocycles. The summed E-state index contributed by atoms with van der Waals surface area (Å²) in [6, 6.07) is 1.46. The normalized spacial score (nSPS) is 10.5. The molecule has 0 atom stereocenters. The first kappa shape index (κ1) is 14.0. The van der Waals surface area contributed by atoms with Crippen molar-refractivity contribution in [2.45, 2.75) is 0 Å². The quantitative estimate of drug-likeness (QED) is 0.795. The molecular weight excluding hydrogens is 313 g/mol. The molecule has 2 rings (SSSR count). The van der Waals surface area contributed by atoms with Crippen molar-refractivity contribution in [3.05, 3.63) is 26.7 Å². The van der Waals surface area contributed by atoms with Gasteiger partial charge in [-0.05, 0) is 6.07 Å². The minimum Gasteiger partial charge on any atom is -0.465 e. The first-order valence-corrected chi connectivity index (χ1v) is 6.52. The van der Waals surface area contributed by atoms with Crippen molar-refractivity contribution < 1.29 is 19.1 Å². The number of carbonyl (C=O) groups excluding carboxylic acids is 2. The fourth-order valence-electron chi connectivity index (χ4n) is 1.48. The van der Waals surface area contributed by atoms with Gasteiger partial charge < -0.3 is 9.47 Å². The van der Waals surface area contributed by atoms with Gasteiger partial charge >= 0.3 is 11.9 Å². The Morgan fingerprint density at radius 2 is 1.84 bits per heavy atom. The summed E-state index contributed by atoms with van der Waals surface area (Å²) in [7, 11) is 2.40. The number of carbonyl (C=O) groups is 2. The summed E-state index contributed by atoms with van der Waals surface area (Å²) in [5.41, 5.74) is 0.208. The van der Waals surface area contributed by atoms with E-state index in [2.05, 4.69) is 14.5 Å². The second-order valence-corrected chi connectivity index (χ2v) is 5.44. The number of aromatic nitrogens is 1. The van der Waals surface area contributed by atoms with E-state index in [4.69, 9.17) is 23.2 Å². The van der Waals surface area contributed by atoms with Crippen molar-refractivity contribution >= 4 is 56.7 Å². The molecule has 0 radical (unpaired) electrons. The average molecular weight is 320 g/mol. The van der Waals surface area contributed by atoms with Gasteiger partial charge in [-0.1, -0.05) is 23.2 Å². The Morgan fingerprint density at radius 3 is 2.42 bits per heavy atom. The zero-order valence-corrected chi connectivity index (χ0v) is 12.2. The van der Waals surface area contributed by atoms with E-state index >= 15 is 0 Å². The summed E-state index contributed by atoms with van der Waals surface area (Å²) < 4.78 is 10.1. The Bertz CT molecular complexity index is 683. The zero-order valence-electron chi connectivity index (χ0n) is 9.82. The molecule has 0 spiro atoms. The molecule has 0 aromatic carbocycles. The highest BCUT2D eigenvalue weighted by molar-refractivity contribution is 7.23. The number of esters is 2. The number of nitrogens with zero attached hydrogens (tertiary/aromatic N) is 1. The van der Waals surface area contributed by atoms with E-state index in [1.165, 1.54) is 20.3 Å². The molecule has 8 heteroatoms. The van der Waals surface area contributed by atoms with Gasteiger partial charge in [0.2, 0.25) is 0 Å². The van der Waals surface area contributed by atoms with Crippen LogP contribution in [0.2, 0.25) is 9.36 Å². The lowest BCUT2D eigenvalue weighted by Crippen LogP contribution is -2.13. The maximum atomic E-state index is 11.7. The average Bonchev–Trinajstić information content (AvgIpc) is 2.70. The van der Waals surface area contributed by atoms with Gasteiger partial charge in [0.25, 0.3) is 0 Å². The topological polar surface area (TPSA) is 65.5 Å². The van der Waals surface area contributed by atoms with Gasteiger partial charge in [0.05, 0.1) is 29.5 Å². The molecule has 0 bridgehead atoms. The molecule has 0 amide bonds. The highest BCUT2D eigenvalue weighted by atomic mass is 35.5. The fourth-order valence-corrected chi connectivity index (χ4v) is 2.94. The van der Waals surface area contributed by atoms with Crippen LogP contribution in [0.3, 0.4) is 0 Å². The monoisotopic (exact) mass is 319 g/mol. The molecule has 0 aliphatic heterocycles. The number of ether oxygens (including phenoxy) is 2. The summed E-state index contributed by atoms with van der Waals surface area (Å²) in [6.07, 6.45) is 0. The minimum absolute atomic E-state index is 0.0106. The van der Waals surface area contributed by atoms with Crippen molar-refractivity contribution in [3.63, 3.8) is 0 Å². The van der Waals surface area contributed by atoms with Crippen molar-refractivity contribution in [2.24, 2.45) is 0 Å². The van der Waals surface area contributed by atoms with E-state index in [9.17, 15) is 9.59 Å². The Kier molecular flexibility index (Phi) is 3.93. The maximum absolute atomic E-state index is 11.7. The van der Waals surface area contributed by atoms with Gasteiger partial charge in [-0.15, -0.1) is 11.3 Å². The maximum Gasteiger partial charge on any atom is 0.357 e. The summed E-state index contributed by atoms with van der Waals surface area (Å²) in [4.78, 5) is 27.4. The van der Waals surface area contributed by atoms with Crippen LogP contribution in [0.1, 0.15) is 20.8 Å². The highest BCUT2D eigenvalue weighted by Gasteiger charge is 2.23. The minimum atomic E-state index is -0.749. The lowest BCUT2D eigenvalue weighted by atomic mass is 10.2. The lowest BCUT2D eigenvalue weighted by Gasteiger charge is -2.05. The van der Waals surface area contributed by atoms with Crippen molar-refractivity contribution in [2.75, 3.05) is 14.2 Å². The first-order valence-electron chi connectivity index (χ1n) is 4.94. The second-order valence-electron chi connectivity index (χ2n) is 3.40. The standard InChI is InChI=1S/C11H7Cl2NO4S/c1-17-10(15)4-3-5-8(6(12)9(13)19-5)14-7(4)11(16)18-2/h3H,1-2H3. The Morgan fingerprint density at radius 1 is 1.21 bits per heavy atom. The molecule has 0 N–H and O–H groups in total. The van der Waals surface area contributed by atoms with Crippen LogP contribution in [0, 0.1) is 0 Å². The van der Waals surface area contributed by atoms with E-state index in [1.54, 1.807) is 0 Å². The van der Waals surface area contributed by atoms with Gasteiger partial charge in [-0.2, -0.15) is 0 Å². The van der Waals surface area contributed by atoms with E-state index in [0.29, 0.717) is 14.6 Å². The number of hydrogen-bond acceptors (Lipinski definition) is 6. The number of rotatable bonds is 2. The molecule has 0 unspecified atom stereocenters. The van der Waals surface area contributed by atoms with Crippen LogP contribution in [0.25, 0.3) is 10.2 Å². The van der Waals surface area contributed by atoms with E-state index in [1.807, 2.05) is 0 Å². The second kappa shape index (κ2) is 5.32. The summed E-state index contributed by atoms with van der Waals surface area (Å²) in [5.74, 6) is -1.43. The Labute approximate surface area is 122 Å². The third-order valence-electron chi connectivity index (χ3n) is 2.35. The van der Waals surface area contributed by atoms with Crippen LogP contribution in [0.15, 0.2) is 6.07 Å². The fraction of sp³-hybridized carbons (Fsp3) is 0.182. The number of methoxy groups -OCH3 is 2. The van der Waals surface area contributed by atoms with Crippen LogP contribution in [-0.2, 0) is 9.47 Å². The van der Waals surface area contributed by atoms with Crippen molar-refractivity contribution in [3.8, 4) is 0 Å². The molecule has 19 heavy (non-hydrogen) atoms. The smallest absolute Gasteiger partial charge is 0.357 e. The molecule has 2 heterocycles. The van der Waals surface area contributed by atoms with E-state index in [-0.39, 0.29) is 16.3 Å². The summed E-state index contributed by atoms with van der Waals surface area (Å²) in [6.45, 7) is 0.